The van der Waals surface area contributed by atoms with E-state index in [4.69, 9.17) is 0 Å². The van der Waals surface area contributed by atoms with Gasteiger partial charge in [0.15, 0.2) is 0 Å². The zero-order chi connectivity index (χ0) is 15.8. The Hall–Kier alpha value is -1.62. The number of aromatic nitrogens is 2. The SMILES string of the molecule is C=CCNc1nc(NCCCCCCC)c2scc(C)c2n1. The number of rotatable bonds is 10. The summed E-state index contributed by atoms with van der Waals surface area (Å²) in [7, 11) is 0. The van der Waals surface area contributed by atoms with Crippen molar-refractivity contribution < 1.29 is 0 Å². The molecule has 120 valence electrons. The number of thiophene rings is 1. The fourth-order valence-corrected chi connectivity index (χ4v) is 3.28. The van der Waals surface area contributed by atoms with Crippen LogP contribution in [0.3, 0.4) is 0 Å². The van der Waals surface area contributed by atoms with Crippen molar-refractivity contribution in [3.63, 3.8) is 0 Å². The van der Waals surface area contributed by atoms with Crippen LogP contribution in [0.5, 0.6) is 0 Å². The van der Waals surface area contributed by atoms with E-state index in [1.165, 1.54) is 37.7 Å². The first-order valence-electron chi connectivity index (χ1n) is 8.10. The first-order chi connectivity index (χ1) is 10.8. The lowest BCUT2D eigenvalue weighted by Gasteiger charge is -2.09. The largest absolute Gasteiger partial charge is 0.369 e. The van der Waals surface area contributed by atoms with E-state index in [2.05, 4.69) is 46.4 Å². The van der Waals surface area contributed by atoms with Crippen LogP contribution in [0.25, 0.3) is 10.2 Å². The molecule has 5 heteroatoms. The van der Waals surface area contributed by atoms with Gasteiger partial charge >= 0.3 is 0 Å². The monoisotopic (exact) mass is 318 g/mol. The van der Waals surface area contributed by atoms with Crippen molar-refractivity contribution in [3.8, 4) is 0 Å². The average Bonchev–Trinajstić information content (AvgIpc) is 2.90. The average molecular weight is 318 g/mol. The molecule has 0 amide bonds. The summed E-state index contributed by atoms with van der Waals surface area (Å²) in [5.74, 6) is 1.62. The highest BCUT2D eigenvalue weighted by Gasteiger charge is 2.11. The standard InChI is InChI=1S/C17H26N4S/c1-4-6-7-8-9-11-18-16-15-14(13(3)12-22-15)20-17(21-16)19-10-5-2/h5,12H,2,4,6-11H2,1,3H3,(H2,18,19,20,21). The number of hydrogen-bond acceptors (Lipinski definition) is 5. The molecule has 0 fully saturated rings. The van der Waals surface area contributed by atoms with Crippen molar-refractivity contribution >= 4 is 33.3 Å². The quantitative estimate of drug-likeness (QED) is 0.479. The molecule has 2 heterocycles. The van der Waals surface area contributed by atoms with Gasteiger partial charge in [0.1, 0.15) is 5.82 Å². The normalized spacial score (nSPS) is 10.8. The molecule has 2 aromatic rings. The first-order valence-corrected chi connectivity index (χ1v) is 8.98. The molecule has 0 aliphatic heterocycles. The minimum absolute atomic E-state index is 0.669. The molecule has 0 aliphatic carbocycles. The molecular weight excluding hydrogens is 292 g/mol. The minimum atomic E-state index is 0.669. The molecule has 2 aromatic heterocycles. The first kappa shape index (κ1) is 16.7. The van der Waals surface area contributed by atoms with Crippen LogP contribution in [0, 0.1) is 6.92 Å². The maximum Gasteiger partial charge on any atom is 0.225 e. The van der Waals surface area contributed by atoms with Gasteiger partial charge in [-0.15, -0.1) is 17.9 Å². The molecule has 22 heavy (non-hydrogen) atoms. The van der Waals surface area contributed by atoms with Crippen LogP contribution < -0.4 is 10.6 Å². The summed E-state index contributed by atoms with van der Waals surface area (Å²) in [4.78, 5) is 9.22. The van der Waals surface area contributed by atoms with Gasteiger partial charge in [0.05, 0.1) is 10.2 Å². The van der Waals surface area contributed by atoms with E-state index in [1.807, 2.05) is 6.08 Å². The van der Waals surface area contributed by atoms with Gasteiger partial charge in [0.25, 0.3) is 0 Å². The molecule has 0 unspecified atom stereocenters. The second kappa shape index (κ2) is 8.73. The predicted molar refractivity (Wildman–Crippen MR) is 98.1 cm³/mol. The van der Waals surface area contributed by atoms with Crippen LogP contribution in [-0.2, 0) is 0 Å². The van der Waals surface area contributed by atoms with Gasteiger partial charge in [-0.05, 0) is 24.3 Å². The number of aryl methyl sites for hydroxylation is 1. The Morgan fingerprint density at radius 3 is 2.77 bits per heavy atom. The van der Waals surface area contributed by atoms with Gasteiger partial charge in [0, 0.05) is 13.1 Å². The highest BCUT2D eigenvalue weighted by Crippen LogP contribution is 2.30. The Labute approximate surface area is 137 Å². The van der Waals surface area contributed by atoms with E-state index < -0.39 is 0 Å². The Bertz CT molecular complexity index is 606. The van der Waals surface area contributed by atoms with Crippen LogP contribution in [0.2, 0.25) is 0 Å². The van der Waals surface area contributed by atoms with Crippen molar-refractivity contribution in [1.29, 1.82) is 0 Å². The highest BCUT2D eigenvalue weighted by molar-refractivity contribution is 7.18. The third-order valence-electron chi connectivity index (χ3n) is 3.57. The molecule has 0 saturated heterocycles. The van der Waals surface area contributed by atoms with Gasteiger partial charge < -0.3 is 10.6 Å². The zero-order valence-electron chi connectivity index (χ0n) is 13.6. The molecule has 0 radical (unpaired) electrons. The third kappa shape index (κ3) is 4.44. The second-order valence-electron chi connectivity index (χ2n) is 5.50. The van der Waals surface area contributed by atoms with Gasteiger partial charge in [-0.1, -0.05) is 38.7 Å². The topological polar surface area (TPSA) is 49.8 Å². The summed E-state index contributed by atoms with van der Waals surface area (Å²) in [6.45, 7) is 9.70. The highest BCUT2D eigenvalue weighted by atomic mass is 32.1. The van der Waals surface area contributed by atoms with Crippen molar-refractivity contribution in [1.82, 2.24) is 9.97 Å². The number of anilines is 2. The number of unbranched alkanes of at least 4 members (excludes halogenated alkanes) is 4. The van der Waals surface area contributed by atoms with Crippen molar-refractivity contribution in [2.24, 2.45) is 0 Å². The Balaban J connectivity index is 2.04. The third-order valence-corrected chi connectivity index (χ3v) is 4.66. The molecular formula is C17H26N4S. The summed E-state index contributed by atoms with van der Waals surface area (Å²) < 4.78 is 1.15. The molecule has 2 rings (SSSR count). The summed E-state index contributed by atoms with van der Waals surface area (Å²) in [6, 6.07) is 0. The summed E-state index contributed by atoms with van der Waals surface area (Å²) in [5, 5.41) is 8.82. The molecule has 0 spiro atoms. The van der Waals surface area contributed by atoms with Gasteiger partial charge in [0.2, 0.25) is 5.95 Å². The van der Waals surface area contributed by atoms with E-state index in [-0.39, 0.29) is 0 Å². The lowest BCUT2D eigenvalue weighted by molar-refractivity contribution is 0.645. The fourth-order valence-electron chi connectivity index (χ4n) is 2.33. The van der Waals surface area contributed by atoms with E-state index in [9.17, 15) is 0 Å². The number of nitrogens with one attached hydrogen (secondary N) is 2. The molecule has 4 nitrogen and oxygen atoms in total. The molecule has 2 N–H and O–H groups in total. The molecule has 0 saturated carbocycles. The number of fused-ring (bicyclic) bond motifs is 1. The van der Waals surface area contributed by atoms with E-state index in [0.717, 1.165) is 22.6 Å². The zero-order valence-corrected chi connectivity index (χ0v) is 14.4. The van der Waals surface area contributed by atoms with Gasteiger partial charge in [-0.25, -0.2) is 4.98 Å². The maximum atomic E-state index is 4.62. The smallest absolute Gasteiger partial charge is 0.225 e. The Morgan fingerprint density at radius 2 is 2.00 bits per heavy atom. The summed E-state index contributed by atoms with van der Waals surface area (Å²) >= 11 is 1.71. The second-order valence-corrected chi connectivity index (χ2v) is 6.38. The molecule has 0 atom stereocenters. The van der Waals surface area contributed by atoms with Crippen LogP contribution in [0.4, 0.5) is 11.8 Å². The van der Waals surface area contributed by atoms with Crippen molar-refractivity contribution in [2.75, 3.05) is 23.7 Å². The molecule has 0 bridgehead atoms. The van der Waals surface area contributed by atoms with Crippen LogP contribution in [0.1, 0.15) is 44.6 Å². The van der Waals surface area contributed by atoms with Crippen LogP contribution in [0.15, 0.2) is 18.0 Å². The lowest BCUT2D eigenvalue weighted by Crippen LogP contribution is -2.08. The Morgan fingerprint density at radius 1 is 1.18 bits per heavy atom. The van der Waals surface area contributed by atoms with Gasteiger partial charge in [-0.2, -0.15) is 4.98 Å². The summed E-state index contributed by atoms with van der Waals surface area (Å²) in [6.07, 6.45) is 8.21. The van der Waals surface area contributed by atoms with Crippen molar-refractivity contribution in [3.05, 3.63) is 23.6 Å². The Kier molecular flexibility index (Phi) is 6.65. The van der Waals surface area contributed by atoms with Gasteiger partial charge in [-0.3, -0.25) is 0 Å². The van der Waals surface area contributed by atoms with Crippen LogP contribution in [-0.4, -0.2) is 23.1 Å². The minimum Gasteiger partial charge on any atom is -0.369 e. The predicted octanol–water partition coefficient (Wildman–Crippen LogP) is 4.98. The van der Waals surface area contributed by atoms with E-state index in [0.29, 0.717) is 12.5 Å². The molecule has 0 aromatic carbocycles. The van der Waals surface area contributed by atoms with E-state index >= 15 is 0 Å². The van der Waals surface area contributed by atoms with Crippen LogP contribution >= 0.6 is 11.3 Å². The maximum absolute atomic E-state index is 4.62. The van der Waals surface area contributed by atoms with Crippen molar-refractivity contribution in [2.45, 2.75) is 46.0 Å². The number of nitrogens with zero attached hydrogens (tertiary/aromatic N) is 2. The van der Waals surface area contributed by atoms with E-state index in [1.54, 1.807) is 11.3 Å². The molecule has 0 aliphatic rings. The summed E-state index contributed by atoms with van der Waals surface area (Å²) in [5.41, 5.74) is 2.25. The lowest BCUT2D eigenvalue weighted by atomic mass is 10.1. The number of hydrogen-bond donors (Lipinski definition) is 2. The fraction of sp³-hybridized carbons (Fsp3) is 0.529.